The Labute approximate surface area is 47.8 Å². The Hall–Kier alpha value is -0.150. The van der Waals surface area contributed by atoms with E-state index in [4.69, 9.17) is 10.5 Å². The van der Waals surface area contributed by atoms with Gasteiger partial charge >= 0.3 is 0 Å². The van der Waals surface area contributed by atoms with E-state index < -0.39 is 0 Å². The van der Waals surface area contributed by atoms with Crippen LogP contribution in [0.1, 0.15) is 0 Å². The summed E-state index contributed by atoms with van der Waals surface area (Å²) in [6, 6.07) is 0. The fraction of sp³-hybridized carbons (Fsp3) is 1.00. The van der Waals surface area contributed by atoms with E-state index in [0.29, 0.717) is 19.8 Å². The van der Waals surface area contributed by atoms with Gasteiger partial charge in [-0.1, -0.05) is 0 Å². The molecule has 0 aromatic carbocycles. The highest BCUT2D eigenvalue weighted by molar-refractivity contribution is 4.85. The average molecular weight is 119 g/mol. The van der Waals surface area contributed by atoms with E-state index in [2.05, 4.69) is 0 Å². The van der Waals surface area contributed by atoms with Gasteiger partial charge in [-0.25, -0.2) is 0 Å². The van der Waals surface area contributed by atoms with Gasteiger partial charge in [0.1, 0.15) is 6.67 Å². The lowest BCUT2D eigenvalue weighted by atomic mass is 9.88. The molecule has 0 aromatic rings. The first-order valence-corrected chi connectivity index (χ1v) is 2.67. The summed E-state index contributed by atoms with van der Waals surface area (Å²) in [6.45, 7) is 1.06. The molecule has 8 heavy (non-hydrogen) atoms. The predicted octanol–water partition coefficient (Wildman–Crippen LogP) is -0.0688. The lowest BCUT2D eigenvalue weighted by molar-refractivity contribution is -0.117. The lowest BCUT2D eigenvalue weighted by Gasteiger charge is -2.37. The summed E-state index contributed by atoms with van der Waals surface area (Å²) in [6.07, 6.45) is 0. The van der Waals surface area contributed by atoms with Crippen molar-refractivity contribution in [2.45, 2.75) is 0 Å². The summed E-state index contributed by atoms with van der Waals surface area (Å²) < 4.78 is 16.7. The molecule has 0 aliphatic carbocycles. The van der Waals surface area contributed by atoms with Crippen LogP contribution in [0.15, 0.2) is 0 Å². The molecule has 3 heteroatoms. The second-order valence-corrected chi connectivity index (χ2v) is 2.33. The molecule has 1 heterocycles. The van der Waals surface area contributed by atoms with Crippen LogP contribution in [0.5, 0.6) is 0 Å². The predicted molar refractivity (Wildman–Crippen MR) is 28.3 cm³/mol. The van der Waals surface area contributed by atoms with Crippen LogP contribution < -0.4 is 5.73 Å². The summed E-state index contributed by atoms with van der Waals surface area (Å²) in [5, 5.41) is 0. The van der Waals surface area contributed by atoms with Crippen LogP contribution in [-0.2, 0) is 4.74 Å². The van der Waals surface area contributed by atoms with Crippen LogP contribution >= 0.6 is 0 Å². The lowest BCUT2D eigenvalue weighted by Crippen LogP contribution is -2.49. The Morgan fingerprint density at radius 1 is 1.62 bits per heavy atom. The number of ether oxygens (including phenoxy) is 1. The van der Waals surface area contributed by atoms with Crippen molar-refractivity contribution < 1.29 is 9.13 Å². The van der Waals surface area contributed by atoms with Crippen molar-refractivity contribution in [3.05, 3.63) is 0 Å². The molecule has 1 aliphatic heterocycles. The van der Waals surface area contributed by atoms with Gasteiger partial charge in [-0.15, -0.1) is 0 Å². The molecule has 1 saturated heterocycles. The van der Waals surface area contributed by atoms with Crippen LogP contribution in [0.25, 0.3) is 0 Å². The SMILES string of the molecule is NCC1(CF)COC1. The molecule has 2 N–H and O–H groups in total. The van der Waals surface area contributed by atoms with E-state index in [1.54, 1.807) is 0 Å². The third kappa shape index (κ3) is 0.717. The maximum atomic E-state index is 11.9. The average Bonchev–Trinajstić information content (AvgIpc) is 1.67. The van der Waals surface area contributed by atoms with Crippen molar-refractivity contribution in [3.8, 4) is 0 Å². The Morgan fingerprint density at radius 3 is 2.25 bits per heavy atom. The van der Waals surface area contributed by atoms with Gasteiger partial charge in [0.05, 0.1) is 18.6 Å². The minimum absolute atomic E-state index is 0.306. The number of nitrogens with two attached hydrogens (primary N) is 1. The van der Waals surface area contributed by atoms with E-state index in [0.717, 1.165) is 0 Å². The molecule has 0 atom stereocenters. The molecule has 1 rings (SSSR count). The second-order valence-electron chi connectivity index (χ2n) is 2.33. The molecule has 0 spiro atoms. The van der Waals surface area contributed by atoms with Crippen molar-refractivity contribution in [2.24, 2.45) is 11.1 Å². The highest BCUT2D eigenvalue weighted by atomic mass is 19.1. The zero-order chi connectivity index (χ0) is 6.04. The van der Waals surface area contributed by atoms with E-state index in [1.807, 2.05) is 0 Å². The molecule has 0 unspecified atom stereocenters. The van der Waals surface area contributed by atoms with Gasteiger partial charge < -0.3 is 10.5 Å². The van der Waals surface area contributed by atoms with Gasteiger partial charge in [0.25, 0.3) is 0 Å². The summed E-state index contributed by atoms with van der Waals surface area (Å²) in [4.78, 5) is 0. The van der Waals surface area contributed by atoms with Crippen molar-refractivity contribution in [1.82, 2.24) is 0 Å². The summed E-state index contributed by atoms with van der Waals surface area (Å²) in [7, 11) is 0. The maximum Gasteiger partial charge on any atom is 0.101 e. The molecule has 0 aromatic heterocycles. The fourth-order valence-electron chi connectivity index (χ4n) is 0.640. The summed E-state index contributed by atoms with van der Waals surface area (Å²) in [5.41, 5.74) is 4.95. The first-order chi connectivity index (χ1) is 3.83. The largest absolute Gasteiger partial charge is 0.380 e. The number of halogens is 1. The topological polar surface area (TPSA) is 35.2 Å². The van der Waals surface area contributed by atoms with Gasteiger partial charge in [0.2, 0.25) is 0 Å². The smallest absolute Gasteiger partial charge is 0.101 e. The van der Waals surface area contributed by atoms with E-state index in [-0.39, 0.29) is 12.1 Å². The quantitative estimate of drug-likeness (QED) is 0.552. The Morgan fingerprint density at radius 2 is 2.25 bits per heavy atom. The highest BCUT2D eigenvalue weighted by Crippen LogP contribution is 2.25. The standard InChI is InChI=1S/C5H10FNO/c6-1-5(2-7)3-8-4-5/h1-4,7H2. The van der Waals surface area contributed by atoms with Crippen molar-refractivity contribution in [1.29, 1.82) is 0 Å². The zero-order valence-corrected chi connectivity index (χ0v) is 4.69. The van der Waals surface area contributed by atoms with Gasteiger partial charge in [-0.3, -0.25) is 4.39 Å². The summed E-state index contributed by atoms with van der Waals surface area (Å²) in [5.74, 6) is 0. The molecule has 0 amide bonds. The van der Waals surface area contributed by atoms with Gasteiger partial charge in [0, 0.05) is 6.54 Å². The number of alkyl halides is 1. The molecule has 0 bridgehead atoms. The van der Waals surface area contributed by atoms with E-state index >= 15 is 0 Å². The van der Waals surface area contributed by atoms with Crippen LogP contribution in [0.2, 0.25) is 0 Å². The maximum absolute atomic E-state index is 11.9. The van der Waals surface area contributed by atoms with Gasteiger partial charge in [-0.05, 0) is 0 Å². The first kappa shape index (κ1) is 5.98. The Kier molecular flexibility index (Phi) is 1.49. The molecule has 1 aliphatic rings. The minimum Gasteiger partial charge on any atom is -0.380 e. The third-order valence-electron chi connectivity index (χ3n) is 1.53. The van der Waals surface area contributed by atoms with Crippen LogP contribution in [-0.4, -0.2) is 26.4 Å². The molecule has 1 fully saturated rings. The monoisotopic (exact) mass is 119 g/mol. The van der Waals surface area contributed by atoms with Crippen LogP contribution in [0.3, 0.4) is 0 Å². The Bertz CT molecular complexity index is 69.0. The molecule has 0 saturated carbocycles. The zero-order valence-electron chi connectivity index (χ0n) is 4.69. The van der Waals surface area contributed by atoms with E-state index in [1.165, 1.54) is 0 Å². The van der Waals surface area contributed by atoms with Crippen LogP contribution in [0.4, 0.5) is 4.39 Å². The number of hydrogen-bond donors (Lipinski definition) is 1. The summed E-state index contributed by atoms with van der Waals surface area (Å²) >= 11 is 0. The van der Waals surface area contributed by atoms with Crippen LogP contribution in [0, 0.1) is 5.41 Å². The minimum atomic E-state index is -0.344. The first-order valence-electron chi connectivity index (χ1n) is 2.67. The fourth-order valence-corrected chi connectivity index (χ4v) is 0.640. The van der Waals surface area contributed by atoms with Gasteiger partial charge in [-0.2, -0.15) is 0 Å². The second kappa shape index (κ2) is 1.99. The van der Waals surface area contributed by atoms with E-state index in [9.17, 15) is 4.39 Å². The highest BCUT2D eigenvalue weighted by Gasteiger charge is 2.37. The molecule has 2 nitrogen and oxygen atoms in total. The Balaban J connectivity index is 2.33. The molecule has 0 radical (unpaired) electrons. The number of hydrogen-bond acceptors (Lipinski definition) is 2. The normalized spacial score (nSPS) is 24.8. The third-order valence-corrected chi connectivity index (χ3v) is 1.53. The molecular weight excluding hydrogens is 109 g/mol. The van der Waals surface area contributed by atoms with Crippen molar-refractivity contribution in [3.63, 3.8) is 0 Å². The van der Waals surface area contributed by atoms with Crippen molar-refractivity contribution in [2.75, 3.05) is 26.4 Å². The molecular formula is C5H10FNO. The van der Waals surface area contributed by atoms with Crippen molar-refractivity contribution >= 4 is 0 Å². The number of rotatable bonds is 2. The molecule has 48 valence electrons. The van der Waals surface area contributed by atoms with Gasteiger partial charge in [0.15, 0.2) is 0 Å².